The second-order valence-corrected chi connectivity index (χ2v) is 9.19. The molecule has 0 saturated carbocycles. The Kier molecular flexibility index (Phi) is 11.8. The molecule has 3 rings (SSSR count). The summed E-state index contributed by atoms with van der Waals surface area (Å²) in [6.45, 7) is 8.36. The fourth-order valence-corrected chi connectivity index (χ4v) is 3.40. The van der Waals surface area contributed by atoms with Crippen molar-refractivity contribution in [3.05, 3.63) is 83.3 Å². The molecule has 0 spiro atoms. The normalized spacial score (nSPS) is 11.9. The van der Waals surface area contributed by atoms with Crippen LogP contribution in [0.4, 0.5) is 11.4 Å². The van der Waals surface area contributed by atoms with Crippen LogP contribution in [-0.2, 0) is 26.0 Å². The topological polar surface area (TPSA) is 37.9 Å². The van der Waals surface area contributed by atoms with Gasteiger partial charge in [-0.2, -0.15) is 0 Å². The summed E-state index contributed by atoms with van der Waals surface area (Å²) < 4.78 is 6.09. The molecule has 32 heavy (non-hydrogen) atoms. The van der Waals surface area contributed by atoms with Gasteiger partial charge in [-0.25, -0.2) is 9.98 Å². The average molecular weight is 513 g/mol. The molecule has 6 heteroatoms. The quantitative estimate of drug-likeness (QED) is 0.219. The molecule has 0 amide bonds. The van der Waals surface area contributed by atoms with E-state index in [1.165, 1.54) is 11.1 Å². The first-order chi connectivity index (χ1) is 15.5. The third-order valence-electron chi connectivity index (χ3n) is 4.92. The van der Waals surface area contributed by atoms with E-state index >= 15 is 0 Å². The van der Waals surface area contributed by atoms with Crippen LogP contribution in [-0.4, -0.2) is 11.4 Å². The SMILES string of the molecule is CCCc1ccccc1N=C(C)c1ccc(C(C)=Nc2ccccc2CCC)o1.[Cl][Fe][Cl]. The number of aryl methyl sites for hydroxylation is 2. The zero-order chi connectivity index (χ0) is 23.3. The predicted molar refractivity (Wildman–Crippen MR) is 135 cm³/mol. The molecule has 0 aliphatic carbocycles. The van der Waals surface area contributed by atoms with Gasteiger partial charge in [-0.3, -0.25) is 0 Å². The summed E-state index contributed by atoms with van der Waals surface area (Å²) in [6, 6.07) is 20.6. The van der Waals surface area contributed by atoms with Gasteiger partial charge in [0.25, 0.3) is 0 Å². The molecule has 3 nitrogen and oxygen atoms in total. The fourth-order valence-electron chi connectivity index (χ4n) is 3.40. The van der Waals surface area contributed by atoms with E-state index in [1.807, 2.05) is 38.1 Å². The Hall–Kier alpha value is -1.84. The second kappa shape index (κ2) is 14.3. The van der Waals surface area contributed by atoms with Gasteiger partial charge in [0, 0.05) is 0 Å². The second-order valence-electron chi connectivity index (χ2n) is 7.37. The van der Waals surface area contributed by atoms with Crippen molar-refractivity contribution in [3.8, 4) is 0 Å². The zero-order valence-corrected chi connectivity index (χ0v) is 21.6. The minimum atomic E-state index is 0.194. The van der Waals surface area contributed by atoms with Crippen LogP contribution < -0.4 is 0 Å². The average Bonchev–Trinajstić information content (AvgIpc) is 3.28. The van der Waals surface area contributed by atoms with E-state index in [0.29, 0.717) is 0 Å². The fraction of sp³-hybridized carbons (Fsp3) is 0.308. The number of rotatable bonds is 8. The maximum atomic E-state index is 6.09. The number of furan rings is 1. The van der Waals surface area contributed by atoms with E-state index in [2.05, 4.69) is 50.2 Å². The van der Waals surface area contributed by atoms with Crippen molar-refractivity contribution < 1.29 is 17.6 Å². The Morgan fingerprint density at radius 3 is 1.47 bits per heavy atom. The van der Waals surface area contributed by atoms with Crippen molar-refractivity contribution in [1.82, 2.24) is 0 Å². The van der Waals surface area contributed by atoms with E-state index in [1.54, 1.807) is 0 Å². The number of hydrogen-bond donors (Lipinski definition) is 0. The molecule has 1 heterocycles. The maximum absolute atomic E-state index is 6.09. The van der Waals surface area contributed by atoms with Crippen molar-refractivity contribution in [2.45, 2.75) is 53.4 Å². The Bertz CT molecular complexity index is 964. The van der Waals surface area contributed by atoms with E-state index in [0.717, 1.165) is 60.0 Å². The molecule has 0 unspecified atom stereocenters. The van der Waals surface area contributed by atoms with E-state index < -0.39 is 0 Å². The van der Waals surface area contributed by atoms with Crippen LogP contribution in [0.25, 0.3) is 0 Å². The molecule has 2 aromatic carbocycles. The molecule has 172 valence electrons. The van der Waals surface area contributed by atoms with Crippen molar-refractivity contribution in [1.29, 1.82) is 0 Å². The molecular formula is C26H30Cl2FeN2O. The molecule has 0 bridgehead atoms. The number of hydrogen-bond acceptors (Lipinski definition) is 3. The summed E-state index contributed by atoms with van der Waals surface area (Å²) in [7, 11) is 9.53. The number of halogens is 2. The molecular weight excluding hydrogens is 483 g/mol. The van der Waals surface area contributed by atoms with Gasteiger partial charge in [0.05, 0.1) is 22.8 Å². The Labute approximate surface area is 206 Å². The minimum absolute atomic E-state index is 0.194. The summed E-state index contributed by atoms with van der Waals surface area (Å²) in [5, 5.41) is 0. The number of benzene rings is 2. The Morgan fingerprint density at radius 2 is 1.09 bits per heavy atom. The van der Waals surface area contributed by atoms with Gasteiger partial charge in [-0.05, 0) is 62.1 Å². The first-order valence-corrected chi connectivity index (χ1v) is 13.8. The van der Waals surface area contributed by atoms with Gasteiger partial charge in [0.2, 0.25) is 0 Å². The molecule has 3 aromatic rings. The van der Waals surface area contributed by atoms with Crippen molar-refractivity contribution >= 4 is 43.0 Å². The first kappa shape index (κ1) is 26.4. The van der Waals surface area contributed by atoms with Crippen molar-refractivity contribution in [2.24, 2.45) is 9.98 Å². The van der Waals surface area contributed by atoms with Gasteiger partial charge in [0.1, 0.15) is 11.5 Å². The van der Waals surface area contributed by atoms with Gasteiger partial charge < -0.3 is 4.42 Å². The zero-order valence-electron chi connectivity index (χ0n) is 19.0. The molecule has 0 N–H and O–H groups in total. The van der Waals surface area contributed by atoms with Crippen LogP contribution in [0.3, 0.4) is 0 Å². The van der Waals surface area contributed by atoms with Crippen LogP contribution >= 0.6 is 20.2 Å². The summed E-state index contributed by atoms with van der Waals surface area (Å²) in [6.07, 6.45) is 4.26. The van der Waals surface area contributed by atoms with Gasteiger partial charge >= 0.3 is 33.3 Å². The molecule has 0 radical (unpaired) electrons. The van der Waals surface area contributed by atoms with Gasteiger partial charge in [-0.1, -0.05) is 63.1 Å². The monoisotopic (exact) mass is 512 g/mol. The number of nitrogens with zero attached hydrogens (tertiary/aromatic N) is 2. The van der Waals surface area contributed by atoms with Crippen molar-refractivity contribution in [2.75, 3.05) is 0 Å². The van der Waals surface area contributed by atoms with E-state index in [9.17, 15) is 0 Å². The van der Waals surface area contributed by atoms with Crippen LogP contribution in [0.15, 0.2) is 75.1 Å². The van der Waals surface area contributed by atoms with Crippen LogP contribution in [0.1, 0.15) is 63.2 Å². The molecule has 0 saturated heterocycles. The summed E-state index contributed by atoms with van der Waals surface area (Å²) in [5.74, 6) is 1.56. The number of para-hydroxylation sites is 2. The van der Waals surface area contributed by atoms with E-state index in [4.69, 9.17) is 34.6 Å². The third kappa shape index (κ3) is 7.94. The standard InChI is InChI=1S/C26H30N2O.2ClH.Fe/c1-5-11-21-13-7-9-15-23(21)27-19(3)25-17-18-26(29-25)20(4)28-24-16-10-8-14-22(24)12-6-2;;;/h7-10,13-18H,5-6,11-12H2,1-4H3;2*1H;/q;;;+2/p-2. The summed E-state index contributed by atoms with van der Waals surface area (Å²) in [4.78, 5) is 9.65. The molecule has 0 atom stereocenters. The third-order valence-corrected chi connectivity index (χ3v) is 4.92. The predicted octanol–water partition coefficient (Wildman–Crippen LogP) is 8.84. The summed E-state index contributed by atoms with van der Waals surface area (Å²) in [5.41, 5.74) is 6.32. The Morgan fingerprint density at radius 1 is 0.719 bits per heavy atom. The first-order valence-electron chi connectivity index (χ1n) is 10.8. The Balaban J connectivity index is 0.00000114. The molecule has 0 fully saturated rings. The molecule has 0 aliphatic rings. The van der Waals surface area contributed by atoms with Crippen LogP contribution in [0, 0.1) is 0 Å². The molecule has 1 aromatic heterocycles. The molecule has 0 aliphatic heterocycles. The van der Waals surface area contributed by atoms with Gasteiger partial charge in [-0.15, -0.1) is 0 Å². The van der Waals surface area contributed by atoms with E-state index in [-0.39, 0.29) is 13.1 Å². The van der Waals surface area contributed by atoms with Crippen molar-refractivity contribution in [3.63, 3.8) is 0 Å². The summed E-state index contributed by atoms with van der Waals surface area (Å²) >= 11 is 0.194. The van der Waals surface area contributed by atoms with Gasteiger partial charge in [0.15, 0.2) is 0 Å². The van der Waals surface area contributed by atoms with Crippen LogP contribution in [0.2, 0.25) is 0 Å². The number of aliphatic imine (C=N–C) groups is 2. The van der Waals surface area contributed by atoms with Crippen LogP contribution in [0.5, 0.6) is 0 Å².